The maximum Gasteiger partial charge on any atom is 0.343 e. The fourth-order valence-electron chi connectivity index (χ4n) is 1.61. The van der Waals surface area contributed by atoms with Gasteiger partial charge in [0.1, 0.15) is 5.03 Å². The molecule has 0 fully saturated rings. The average molecular weight is 294 g/mol. The molecule has 0 unspecified atom stereocenters. The summed E-state index contributed by atoms with van der Waals surface area (Å²) in [5.41, 5.74) is 0.484. The Balaban J connectivity index is 2.15. The summed E-state index contributed by atoms with van der Waals surface area (Å²) in [4.78, 5) is 19.7. The van der Waals surface area contributed by atoms with Crippen molar-refractivity contribution in [3.05, 3.63) is 40.0 Å². The molecule has 0 bridgehead atoms. The minimum absolute atomic E-state index is 0.168. The summed E-state index contributed by atoms with van der Waals surface area (Å²) in [6.45, 7) is 0. The molecule has 6 nitrogen and oxygen atoms in total. The number of halogens is 1. The molecule has 19 heavy (non-hydrogen) atoms. The van der Waals surface area contributed by atoms with Gasteiger partial charge in [0.2, 0.25) is 5.28 Å². The van der Waals surface area contributed by atoms with Crippen molar-refractivity contribution in [3.8, 4) is 0 Å². The lowest BCUT2D eigenvalue weighted by atomic mass is 10.2. The Hall–Kier alpha value is -1.86. The molecular weight excluding hydrogens is 286 g/mol. The van der Waals surface area contributed by atoms with Gasteiger partial charge in [-0.15, -0.1) is 5.10 Å². The van der Waals surface area contributed by atoms with Gasteiger partial charge in [0.25, 0.3) is 0 Å². The number of aromatic nitrogens is 5. The molecule has 0 saturated carbocycles. The first kappa shape index (κ1) is 12.2. The third-order valence-electron chi connectivity index (χ3n) is 2.57. The minimum Gasteiger partial charge on any atom is -0.273 e. The number of nitrogens with one attached hydrogen (secondary N) is 1. The van der Waals surface area contributed by atoms with Crippen LogP contribution in [0.5, 0.6) is 0 Å². The number of nitrogens with zero attached hydrogens (tertiary/aromatic N) is 4. The third-order valence-corrected chi connectivity index (χ3v) is 3.79. The van der Waals surface area contributed by atoms with E-state index in [1.165, 1.54) is 16.3 Å². The molecule has 2 heterocycles. The van der Waals surface area contributed by atoms with Crippen molar-refractivity contribution >= 4 is 34.3 Å². The van der Waals surface area contributed by atoms with Crippen LogP contribution in [0.15, 0.2) is 39.2 Å². The van der Waals surface area contributed by atoms with E-state index in [-0.39, 0.29) is 11.0 Å². The van der Waals surface area contributed by atoms with Crippen molar-refractivity contribution in [3.63, 3.8) is 0 Å². The van der Waals surface area contributed by atoms with Gasteiger partial charge in [0, 0.05) is 12.4 Å². The molecule has 0 saturated heterocycles. The maximum absolute atomic E-state index is 11.3. The van der Waals surface area contributed by atoms with Crippen LogP contribution in [0.2, 0.25) is 5.28 Å². The summed E-state index contributed by atoms with van der Waals surface area (Å²) in [5.74, 6) is 0. The average Bonchev–Trinajstić information content (AvgIpc) is 2.70. The summed E-state index contributed by atoms with van der Waals surface area (Å²) < 4.78 is 1.41. The Morgan fingerprint density at radius 1 is 1.32 bits per heavy atom. The molecule has 0 radical (unpaired) electrons. The van der Waals surface area contributed by atoms with Crippen molar-refractivity contribution in [2.24, 2.45) is 7.05 Å². The van der Waals surface area contributed by atoms with Crippen LogP contribution in [0, 0.1) is 0 Å². The lowest BCUT2D eigenvalue weighted by Gasteiger charge is -2.04. The van der Waals surface area contributed by atoms with Crippen LogP contribution in [-0.2, 0) is 7.05 Å². The molecule has 0 aliphatic rings. The van der Waals surface area contributed by atoms with Gasteiger partial charge < -0.3 is 0 Å². The zero-order chi connectivity index (χ0) is 13.4. The van der Waals surface area contributed by atoms with Crippen molar-refractivity contribution in [2.45, 2.75) is 10.2 Å². The van der Waals surface area contributed by atoms with Crippen molar-refractivity contribution < 1.29 is 0 Å². The van der Waals surface area contributed by atoms with Crippen molar-refractivity contribution in [2.75, 3.05) is 0 Å². The van der Waals surface area contributed by atoms with Gasteiger partial charge >= 0.3 is 5.69 Å². The number of H-pyrrole nitrogens is 1. The van der Waals surface area contributed by atoms with Crippen LogP contribution in [-0.4, -0.2) is 24.7 Å². The lowest BCUT2D eigenvalue weighted by molar-refractivity contribution is 0.765. The largest absolute Gasteiger partial charge is 0.343 e. The zero-order valence-corrected chi connectivity index (χ0v) is 11.4. The predicted octanol–water partition coefficient (Wildman–Crippen LogP) is 1.86. The summed E-state index contributed by atoms with van der Waals surface area (Å²) in [6, 6.07) is 7.53. The van der Waals surface area contributed by atoms with Crippen molar-refractivity contribution in [1.29, 1.82) is 0 Å². The van der Waals surface area contributed by atoms with Crippen LogP contribution in [0.25, 0.3) is 10.9 Å². The van der Waals surface area contributed by atoms with E-state index in [4.69, 9.17) is 11.6 Å². The number of aromatic amines is 1. The molecule has 0 aliphatic carbocycles. The SMILES string of the molecule is Cn1c(Sc2nc(Cl)nc3ccccc23)n[nH]c1=O. The van der Waals surface area contributed by atoms with E-state index in [2.05, 4.69) is 20.2 Å². The summed E-state index contributed by atoms with van der Waals surface area (Å²) in [5, 5.41) is 8.53. The standard InChI is InChI=1S/C11H8ClN5OS/c1-17-10(18)15-16-11(17)19-8-6-4-2-3-5-7(6)13-9(12)14-8/h2-5H,1H3,(H,15,18). The second kappa shape index (κ2) is 4.67. The number of hydrogen-bond donors (Lipinski definition) is 1. The highest BCUT2D eigenvalue weighted by atomic mass is 35.5. The monoisotopic (exact) mass is 293 g/mol. The third kappa shape index (κ3) is 2.22. The van der Waals surface area contributed by atoms with Gasteiger partial charge in [-0.1, -0.05) is 18.2 Å². The minimum atomic E-state index is -0.271. The van der Waals surface area contributed by atoms with Gasteiger partial charge in [-0.2, -0.15) is 0 Å². The first-order valence-electron chi connectivity index (χ1n) is 5.36. The molecule has 0 atom stereocenters. The Morgan fingerprint density at radius 3 is 2.84 bits per heavy atom. The smallest absolute Gasteiger partial charge is 0.273 e. The van der Waals surface area contributed by atoms with Crippen molar-refractivity contribution in [1.82, 2.24) is 24.7 Å². The molecule has 8 heteroatoms. The Labute approximate surface area is 116 Å². The van der Waals surface area contributed by atoms with Gasteiger partial charge in [-0.25, -0.2) is 19.9 Å². The van der Waals surface area contributed by atoms with E-state index in [1.807, 2.05) is 24.3 Å². The normalized spacial score (nSPS) is 11.1. The van der Waals surface area contributed by atoms with E-state index in [0.29, 0.717) is 10.2 Å². The molecule has 3 aromatic rings. The summed E-state index contributed by atoms with van der Waals surface area (Å²) >= 11 is 7.17. The van der Waals surface area contributed by atoms with Crippen LogP contribution >= 0.6 is 23.4 Å². The van der Waals surface area contributed by atoms with Crippen LogP contribution in [0.4, 0.5) is 0 Å². The Bertz CT molecular complexity index is 812. The van der Waals surface area contributed by atoms with Gasteiger partial charge in [-0.3, -0.25) is 4.57 Å². The molecule has 0 aliphatic heterocycles. The van der Waals surface area contributed by atoms with E-state index < -0.39 is 0 Å². The molecule has 0 spiro atoms. The van der Waals surface area contributed by atoms with E-state index in [9.17, 15) is 4.79 Å². The van der Waals surface area contributed by atoms with E-state index in [0.717, 1.165) is 10.9 Å². The molecule has 2 aromatic heterocycles. The zero-order valence-electron chi connectivity index (χ0n) is 9.79. The molecule has 0 amide bonds. The number of fused-ring (bicyclic) bond motifs is 1. The summed E-state index contributed by atoms with van der Waals surface area (Å²) in [6.07, 6.45) is 0. The quantitative estimate of drug-likeness (QED) is 0.576. The highest BCUT2D eigenvalue weighted by Gasteiger charge is 2.12. The van der Waals surface area contributed by atoms with Crippen LogP contribution in [0.3, 0.4) is 0 Å². The second-order valence-electron chi connectivity index (χ2n) is 3.79. The molecular formula is C11H8ClN5OS. The Kier molecular flexibility index (Phi) is 3.00. The fourth-order valence-corrected chi connectivity index (χ4v) is 2.73. The maximum atomic E-state index is 11.3. The first-order chi connectivity index (χ1) is 9.15. The van der Waals surface area contributed by atoms with Gasteiger partial charge in [-0.05, 0) is 29.4 Å². The molecule has 96 valence electrons. The lowest BCUT2D eigenvalue weighted by Crippen LogP contribution is -2.12. The number of hydrogen-bond acceptors (Lipinski definition) is 5. The topological polar surface area (TPSA) is 76.5 Å². The molecule has 3 rings (SSSR count). The van der Waals surface area contributed by atoms with E-state index in [1.54, 1.807) is 7.05 Å². The first-order valence-corrected chi connectivity index (χ1v) is 6.56. The second-order valence-corrected chi connectivity index (χ2v) is 5.08. The van der Waals surface area contributed by atoms with Crippen LogP contribution < -0.4 is 5.69 Å². The predicted molar refractivity (Wildman–Crippen MR) is 72.5 cm³/mol. The summed E-state index contributed by atoms with van der Waals surface area (Å²) in [7, 11) is 1.64. The van der Waals surface area contributed by atoms with E-state index >= 15 is 0 Å². The number of rotatable bonds is 2. The number of benzene rings is 1. The number of para-hydroxylation sites is 1. The molecule has 1 N–H and O–H groups in total. The van der Waals surface area contributed by atoms with Gasteiger partial charge in [0.15, 0.2) is 5.16 Å². The van der Waals surface area contributed by atoms with Gasteiger partial charge in [0.05, 0.1) is 5.52 Å². The highest BCUT2D eigenvalue weighted by molar-refractivity contribution is 7.99. The Morgan fingerprint density at radius 2 is 2.11 bits per heavy atom. The highest BCUT2D eigenvalue weighted by Crippen LogP contribution is 2.30. The van der Waals surface area contributed by atoms with Crippen LogP contribution in [0.1, 0.15) is 0 Å². The fraction of sp³-hybridized carbons (Fsp3) is 0.0909. The molecule has 1 aromatic carbocycles.